The van der Waals surface area contributed by atoms with Gasteiger partial charge in [0, 0.05) is 6.42 Å². The highest BCUT2D eigenvalue weighted by Crippen LogP contribution is 2.39. The van der Waals surface area contributed by atoms with E-state index >= 15 is 0 Å². The van der Waals surface area contributed by atoms with Gasteiger partial charge < -0.3 is 14.2 Å². The van der Waals surface area contributed by atoms with Gasteiger partial charge in [0.05, 0.1) is 26.9 Å². The Bertz CT molecular complexity index is 1120. The van der Waals surface area contributed by atoms with Crippen LogP contribution in [0.5, 0.6) is 17.2 Å². The van der Waals surface area contributed by atoms with Crippen molar-refractivity contribution in [3.8, 4) is 17.2 Å². The summed E-state index contributed by atoms with van der Waals surface area (Å²) in [5.74, 6) is 0.830. The van der Waals surface area contributed by atoms with Crippen molar-refractivity contribution >= 4 is 39.8 Å². The number of rotatable bonds is 6. The molecule has 0 saturated heterocycles. The number of benzene rings is 2. The Morgan fingerprint density at radius 1 is 1.06 bits per heavy atom. The summed E-state index contributed by atoms with van der Waals surface area (Å²) in [4.78, 5) is 16.8. The molecule has 0 unspecified atom stereocenters. The molecule has 4 rings (SSSR count). The maximum atomic E-state index is 12.7. The van der Waals surface area contributed by atoms with E-state index in [9.17, 15) is 4.79 Å². The van der Waals surface area contributed by atoms with Crippen LogP contribution in [0, 0.1) is 5.41 Å². The number of nitrogens with one attached hydrogen (secondary N) is 1. The van der Waals surface area contributed by atoms with E-state index < -0.39 is 5.91 Å². The third-order valence-electron chi connectivity index (χ3n) is 4.69. The molecule has 0 aliphatic carbocycles. The number of carbonyl (C=O) groups excluding carboxylic acids is 1. The Labute approximate surface area is 183 Å². The van der Waals surface area contributed by atoms with E-state index in [1.165, 1.54) is 38.1 Å². The Morgan fingerprint density at radius 2 is 1.74 bits per heavy atom. The fraction of sp³-hybridized carbons (Fsp3) is 0.182. The number of amidine groups is 2. The van der Waals surface area contributed by atoms with Crippen LogP contribution in [-0.2, 0) is 11.2 Å². The molecule has 0 atom stereocenters. The summed E-state index contributed by atoms with van der Waals surface area (Å²) in [6.45, 7) is 0. The monoisotopic (exact) mass is 436 g/mol. The Hall–Kier alpha value is -3.59. The van der Waals surface area contributed by atoms with Gasteiger partial charge in [-0.05, 0) is 41.1 Å². The zero-order valence-corrected chi connectivity index (χ0v) is 18.0. The van der Waals surface area contributed by atoms with Crippen LogP contribution in [0.1, 0.15) is 11.1 Å². The topological polar surface area (TPSA) is 96.6 Å². The number of aliphatic imine (C=N–C) groups is 1. The third kappa shape index (κ3) is 4.04. The van der Waals surface area contributed by atoms with Gasteiger partial charge in [-0.15, -0.1) is 0 Å². The zero-order chi connectivity index (χ0) is 22.0. The first-order chi connectivity index (χ1) is 15.0. The summed E-state index contributed by atoms with van der Waals surface area (Å²) in [7, 11) is 4.55. The first-order valence-electron chi connectivity index (χ1n) is 9.37. The third-order valence-corrected chi connectivity index (χ3v) is 5.60. The number of carbonyl (C=O) groups is 1. The van der Waals surface area contributed by atoms with Gasteiger partial charge in [0.15, 0.2) is 17.3 Å². The first-order valence-corrected chi connectivity index (χ1v) is 10.2. The molecular weight excluding hydrogens is 416 g/mol. The molecule has 31 heavy (non-hydrogen) atoms. The summed E-state index contributed by atoms with van der Waals surface area (Å²) in [5, 5.41) is 15.6. The molecule has 2 aromatic carbocycles. The van der Waals surface area contributed by atoms with Gasteiger partial charge in [-0.25, -0.2) is 0 Å². The second-order valence-corrected chi connectivity index (χ2v) is 7.68. The van der Waals surface area contributed by atoms with Crippen LogP contribution in [0.4, 0.5) is 0 Å². The molecule has 2 heterocycles. The first kappa shape index (κ1) is 20.7. The van der Waals surface area contributed by atoms with Crippen LogP contribution in [0.3, 0.4) is 0 Å². The normalized spacial score (nSPS) is 16.7. The van der Waals surface area contributed by atoms with E-state index in [-0.39, 0.29) is 11.4 Å². The molecule has 0 saturated carbocycles. The molecule has 158 valence electrons. The molecular formula is C22H20N4O4S. The summed E-state index contributed by atoms with van der Waals surface area (Å²) < 4.78 is 16.1. The second kappa shape index (κ2) is 8.65. The zero-order valence-electron chi connectivity index (χ0n) is 17.2. The highest BCUT2D eigenvalue weighted by atomic mass is 32.2. The number of methoxy groups -OCH3 is 3. The molecule has 2 aliphatic rings. The van der Waals surface area contributed by atoms with E-state index in [4.69, 9.17) is 19.6 Å². The van der Waals surface area contributed by atoms with Gasteiger partial charge in [0.25, 0.3) is 5.91 Å². The SMILES string of the molecule is COc1cc(C=C2C(=N)N3N=C(Cc4ccccc4)SC3=NC2=O)cc(OC)c1OC. The van der Waals surface area contributed by atoms with Crippen molar-refractivity contribution in [2.45, 2.75) is 6.42 Å². The lowest BCUT2D eigenvalue weighted by atomic mass is 10.1. The molecule has 0 fully saturated rings. The van der Waals surface area contributed by atoms with Crippen molar-refractivity contribution in [1.29, 1.82) is 5.41 Å². The fourth-order valence-electron chi connectivity index (χ4n) is 3.23. The number of fused-ring (bicyclic) bond motifs is 1. The van der Waals surface area contributed by atoms with Crippen LogP contribution in [-0.4, -0.2) is 48.3 Å². The predicted molar refractivity (Wildman–Crippen MR) is 121 cm³/mol. The quantitative estimate of drug-likeness (QED) is 0.696. The molecule has 2 aromatic rings. The predicted octanol–water partition coefficient (Wildman–Crippen LogP) is 3.57. The van der Waals surface area contributed by atoms with Gasteiger partial charge in [0.2, 0.25) is 10.9 Å². The number of amides is 1. The molecule has 9 heteroatoms. The summed E-state index contributed by atoms with van der Waals surface area (Å²) >= 11 is 1.30. The van der Waals surface area contributed by atoms with Crippen molar-refractivity contribution in [3.63, 3.8) is 0 Å². The van der Waals surface area contributed by atoms with Gasteiger partial charge in [0.1, 0.15) is 5.04 Å². The van der Waals surface area contributed by atoms with Gasteiger partial charge >= 0.3 is 0 Å². The van der Waals surface area contributed by atoms with E-state index in [0.29, 0.717) is 34.4 Å². The van der Waals surface area contributed by atoms with Crippen molar-refractivity contribution in [3.05, 3.63) is 59.2 Å². The number of ether oxygens (including phenoxy) is 3. The Morgan fingerprint density at radius 3 is 2.35 bits per heavy atom. The molecule has 0 radical (unpaired) electrons. The Kier molecular flexibility index (Phi) is 5.77. The molecule has 1 amide bonds. The van der Waals surface area contributed by atoms with Gasteiger partial charge in [-0.2, -0.15) is 15.1 Å². The minimum absolute atomic E-state index is 0.0284. The maximum absolute atomic E-state index is 12.7. The van der Waals surface area contributed by atoms with Crippen LogP contribution in [0.25, 0.3) is 6.08 Å². The average molecular weight is 436 g/mol. The number of thioether (sulfide) groups is 1. The molecule has 8 nitrogen and oxygen atoms in total. The van der Waals surface area contributed by atoms with Crippen LogP contribution >= 0.6 is 11.8 Å². The van der Waals surface area contributed by atoms with Crippen LogP contribution in [0.2, 0.25) is 0 Å². The lowest BCUT2D eigenvalue weighted by Crippen LogP contribution is -2.35. The van der Waals surface area contributed by atoms with Crippen molar-refractivity contribution in [2.24, 2.45) is 10.1 Å². The summed E-state index contributed by atoms with van der Waals surface area (Å²) in [6, 6.07) is 13.3. The maximum Gasteiger partial charge on any atom is 0.283 e. The molecule has 0 bridgehead atoms. The van der Waals surface area contributed by atoms with Crippen LogP contribution in [0.15, 0.2) is 58.1 Å². The largest absolute Gasteiger partial charge is 0.493 e. The lowest BCUT2D eigenvalue weighted by Gasteiger charge is -2.20. The van der Waals surface area contributed by atoms with Gasteiger partial charge in [-0.1, -0.05) is 30.3 Å². The molecule has 0 aromatic heterocycles. The minimum atomic E-state index is -0.492. The number of hydrogen-bond acceptors (Lipinski definition) is 7. The van der Waals surface area contributed by atoms with Crippen molar-refractivity contribution in [1.82, 2.24) is 5.01 Å². The van der Waals surface area contributed by atoms with E-state index in [1.807, 2.05) is 30.3 Å². The smallest absolute Gasteiger partial charge is 0.283 e. The molecule has 0 spiro atoms. The molecule has 1 N–H and O–H groups in total. The van der Waals surface area contributed by atoms with Crippen molar-refractivity contribution in [2.75, 3.05) is 21.3 Å². The van der Waals surface area contributed by atoms with Gasteiger partial charge in [-0.3, -0.25) is 10.2 Å². The van der Waals surface area contributed by atoms with Crippen LogP contribution < -0.4 is 14.2 Å². The van der Waals surface area contributed by atoms with Crippen molar-refractivity contribution < 1.29 is 19.0 Å². The average Bonchev–Trinajstić information content (AvgIpc) is 3.18. The summed E-state index contributed by atoms with van der Waals surface area (Å²) in [6.07, 6.45) is 2.18. The highest BCUT2D eigenvalue weighted by Gasteiger charge is 2.35. The Balaban J connectivity index is 1.65. The lowest BCUT2D eigenvalue weighted by molar-refractivity contribution is -0.114. The fourth-order valence-corrected chi connectivity index (χ4v) is 4.14. The number of hydrogen-bond donors (Lipinski definition) is 1. The summed E-state index contributed by atoms with van der Waals surface area (Å²) in [5.41, 5.74) is 1.84. The number of hydrazone groups is 1. The second-order valence-electron chi connectivity index (χ2n) is 6.63. The van der Waals surface area contributed by atoms with E-state index in [1.54, 1.807) is 18.2 Å². The van der Waals surface area contributed by atoms with E-state index in [0.717, 1.165) is 10.6 Å². The highest BCUT2D eigenvalue weighted by molar-refractivity contribution is 8.26. The van der Waals surface area contributed by atoms with E-state index in [2.05, 4.69) is 10.1 Å². The molecule has 2 aliphatic heterocycles. The standard InChI is InChI=1S/C22H20N4O4S/c1-28-16-10-14(11-17(29-2)19(16)30-3)9-15-20(23)26-22(24-21(15)27)31-18(25-26)12-13-7-5-4-6-8-13/h4-11,23H,12H2,1-3H3. The number of nitrogens with zero attached hydrogens (tertiary/aromatic N) is 3. The minimum Gasteiger partial charge on any atom is -0.493 e.